The van der Waals surface area contributed by atoms with Crippen molar-refractivity contribution in [3.8, 4) is 0 Å². The van der Waals surface area contributed by atoms with Crippen molar-refractivity contribution in [1.29, 1.82) is 0 Å². The third-order valence-corrected chi connectivity index (χ3v) is 3.09. The Bertz CT molecular complexity index is 161. The van der Waals surface area contributed by atoms with Gasteiger partial charge in [-0.25, -0.2) is 0 Å². The summed E-state index contributed by atoms with van der Waals surface area (Å²) in [4.78, 5) is 4.82. The van der Waals surface area contributed by atoms with Crippen LogP contribution in [0.2, 0.25) is 0 Å². The molecule has 0 saturated heterocycles. The highest BCUT2D eigenvalue weighted by Crippen LogP contribution is 2.06. The highest BCUT2D eigenvalue weighted by molar-refractivity contribution is 4.71. The third-order valence-electron chi connectivity index (χ3n) is 3.09. The Labute approximate surface area is 101 Å². The molecule has 0 heterocycles. The van der Waals surface area contributed by atoms with Gasteiger partial charge in [-0.2, -0.15) is 0 Å². The van der Waals surface area contributed by atoms with Crippen molar-refractivity contribution >= 4 is 0 Å². The lowest BCUT2D eigenvalue weighted by molar-refractivity contribution is 0.114. The van der Waals surface area contributed by atoms with E-state index in [1.165, 1.54) is 0 Å². The van der Waals surface area contributed by atoms with E-state index in [-0.39, 0.29) is 6.61 Å². The fraction of sp³-hybridized carbons (Fsp3) is 1.00. The van der Waals surface area contributed by atoms with Gasteiger partial charge in [0, 0.05) is 37.8 Å². The van der Waals surface area contributed by atoms with E-state index in [0.29, 0.717) is 18.1 Å². The minimum Gasteiger partial charge on any atom is -0.395 e. The maximum atomic E-state index is 9.01. The molecule has 3 nitrogen and oxygen atoms in total. The molecule has 0 bridgehead atoms. The van der Waals surface area contributed by atoms with Crippen molar-refractivity contribution in [2.24, 2.45) is 0 Å². The van der Waals surface area contributed by atoms with Crippen LogP contribution in [0.5, 0.6) is 0 Å². The molecule has 0 aromatic heterocycles. The van der Waals surface area contributed by atoms with Gasteiger partial charge in [0.1, 0.15) is 0 Å². The summed E-state index contributed by atoms with van der Waals surface area (Å²) in [5.41, 5.74) is 0. The van der Waals surface area contributed by atoms with E-state index >= 15 is 0 Å². The average Bonchev–Trinajstić information content (AvgIpc) is 2.15. The molecule has 0 spiro atoms. The number of nitrogens with zero attached hydrogens (tertiary/aromatic N) is 2. The van der Waals surface area contributed by atoms with Gasteiger partial charge in [-0.15, -0.1) is 0 Å². The van der Waals surface area contributed by atoms with E-state index in [0.717, 1.165) is 19.6 Å². The molecule has 0 rings (SSSR count). The molecule has 0 aromatic carbocycles. The minimum atomic E-state index is 0.252. The standard InChI is InChI=1S/C13H30N2O/c1-11(2)14(9-10-16)7-8-15(12(3)4)13(5)6/h11-13,16H,7-10H2,1-6H3. The fourth-order valence-corrected chi connectivity index (χ4v) is 2.11. The molecule has 1 N–H and O–H groups in total. The molecular weight excluding hydrogens is 200 g/mol. The lowest BCUT2D eigenvalue weighted by Gasteiger charge is -2.34. The zero-order valence-electron chi connectivity index (χ0n) is 11.9. The van der Waals surface area contributed by atoms with Crippen LogP contribution in [0.25, 0.3) is 0 Å². The van der Waals surface area contributed by atoms with Crippen LogP contribution in [0.15, 0.2) is 0 Å². The van der Waals surface area contributed by atoms with Crippen LogP contribution in [-0.4, -0.2) is 59.3 Å². The van der Waals surface area contributed by atoms with Gasteiger partial charge in [0.2, 0.25) is 0 Å². The van der Waals surface area contributed by atoms with E-state index in [9.17, 15) is 0 Å². The van der Waals surface area contributed by atoms with E-state index in [1.807, 2.05) is 0 Å². The number of hydrogen-bond donors (Lipinski definition) is 1. The van der Waals surface area contributed by atoms with Crippen LogP contribution >= 0.6 is 0 Å². The average molecular weight is 230 g/mol. The first-order chi connectivity index (χ1) is 7.40. The monoisotopic (exact) mass is 230 g/mol. The lowest BCUT2D eigenvalue weighted by atomic mass is 10.2. The van der Waals surface area contributed by atoms with Gasteiger partial charge in [0.15, 0.2) is 0 Å². The van der Waals surface area contributed by atoms with Gasteiger partial charge in [0.25, 0.3) is 0 Å². The van der Waals surface area contributed by atoms with Gasteiger partial charge < -0.3 is 5.11 Å². The molecule has 0 amide bonds. The Balaban J connectivity index is 4.15. The van der Waals surface area contributed by atoms with Crippen molar-refractivity contribution in [1.82, 2.24) is 9.80 Å². The molecule has 16 heavy (non-hydrogen) atoms. The molecule has 0 saturated carbocycles. The second-order valence-corrected chi connectivity index (χ2v) is 5.28. The molecule has 0 aliphatic rings. The molecule has 0 aromatic rings. The molecule has 0 atom stereocenters. The maximum Gasteiger partial charge on any atom is 0.0558 e. The Morgan fingerprint density at radius 3 is 1.56 bits per heavy atom. The fourth-order valence-electron chi connectivity index (χ4n) is 2.11. The van der Waals surface area contributed by atoms with Crippen LogP contribution in [0.4, 0.5) is 0 Å². The smallest absolute Gasteiger partial charge is 0.0558 e. The summed E-state index contributed by atoms with van der Waals surface area (Å²) in [5.74, 6) is 0. The zero-order chi connectivity index (χ0) is 12.7. The van der Waals surface area contributed by atoms with Crippen LogP contribution < -0.4 is 0 Å². The first-order valence-electron chi connectivity index (χ1n) is 6.50. The molecule has 0 radical (unpaired) electrons. The van der Waals surface area contributed by atoms with Gasteiger partial charge >= 0.3 is 0 Å². The summed E-state index contributed by atoms with van der Waals surface area (Å²) in [5, 5.41) is 9.01. The summed E-state index contributed by atoms with van der Waals surface area (Å²) in [6.07, 6.45) is 0. The Morgan fingerprint density at radius 1 is 0.750 bits per heavy atom. The predicted molar refractivity (Wildman–Crippen MR) is 70.8 cm³/mol. The lowest BCUT2D eigenvalue weighted by Crippen LogP contribution is -2.44. The van der Waals surface area contributed by atoms with Crippen LogP contribution in [0, 0.1) is 0 Å². The Morgan fingerprint density at radius 2 is 1.25 bits per heavy atom. The quantitative estimate of drug-likeness (QED) is 0.689. The molecule has 0 aliphatic heterocycles. The van der Waals surface area contributed by atoms with Crippen molar-refractivity contribution in [3.05, 3.63) is 0 Å². The number of aliphatic hydroxyl groups is 1. The highest BCUT2D eigenvalue weighted by atomic mass is 16.3. The second kappa shape index (κ2) is 8.04. The van der Waals surface area contributed by atoms with Crippen LogP contribution in [0.1, 0.15) is 41.5 Å². The predicted octanol–water partition coefficient (Wildman–Crippen LogP) is 1.81. The number of rotatable bonds is 8. The van der Waals surface area contributed by atoms with E-state index in [2.05, 4.69) is 51.3 Å². The van der Waals surface area contributed by atoms with Gasteiger partial charge in [-0.05, 0) is 41.5 Å². The van der Waals surface area contributed by atoms with Gasteiger partial charge in [-0.3, -0.25) is 9.80 Å². The van der Waals surface area contributed by atoms with Crippen molar-refractivity contribution in [2.45, 2.75) is 59.7 Å². The van der Waals surface area contributed by atoms with Gasteiger partial charge in [-0.1, -0.05) is 0 Å². The van der Waals surface area contributed by atoms with Crippen molar-refractivity contribution in [2.75, 3.05) is 26.2 Å². The Hall–Kier alpha value is -0.120. The summed E-state index contributed by atoms with van der Waals surface area (Å²) in [6, 6.07) is 1.68. The summed E-state index contributed by atoms with van der Waals surface area (Å²) >= 11 is 0. The SMILES string of the molecule is CC(C)N(CCO)CCN(C(C)C)C(C)C. The van der Waals surface area contributed by atoms with E-state index in [4.69, 9.17) is 5.11 Å². The molecular formula is C13H30N2O. The first-order valence-corrected chi connectivity index (χ1v) is 6.50. The van der Waals surface area contributed by atoms with Crippen molar-refractivity contribution < 1.29 is 5.11 Å². The summed E-state index contributed by atoms with van der Waals surface area (Å²) in [6.45, 7) is 16.5. The molecule has 0 fully saturated rings. The number of hydrogen-bond acceptors (Lipinski definition) is 3. The summed E-state index contributed by atoms with van der Waals surface area (Å²) in [7, 11) is 0. The second-order valence-electron chi connectivity index (χ2n) is 5.28. The van der Waals surface area contributed by atoms with Gasteiger partial charge in [0.05, 0.1) is 6.61 Å². The maximum absolute atomic E-state index is 9.01. The topological polar surface area (TPSA) is 26.7 Å². The highest BCUT2D eigenvalue weighted by Gasteiger charge is 2.15. The molecule has 3 heteroatoms. The number of aliphatic hydroxyl groups excluding tert-OH is 1. The van der Waals surface area contributed by atoms with Crippen molar-refractivity contribution in [3.63, 3.8) is 0 Å². The minimum absolute atomic E-state index is 0.252. The van der Waals surface area contributed by atoms with E-state index in [1.54, 1.807) is 0 Å². The summed E-state index contributed by atoms with van der Waals surface area (Å²) < 4.78 is 0. The third kappa shape index (κ3) is 5.83. The molecule has 0 unspecified atom stereocenters. The molecule has 0 aliphatic carbocycles. The van der Waals surface area contributed by atoms with Crippen LogP contribution in [-0.2, 0) is 0 Å². The van der Waals surface area contributed by atoms with E-state index < -0.39 is 0 Å². The molecule has 98 valence electrons. The zero-order valence-corrected chi connectivity index (χ0v) is 11.9. The van der Waals surface area contributed by atoms with Crippen LogP contribution in [0.3, 0.4) is 0 Å². The first kappa shape index (κ1) is 15.9. The Kier molecular flexibility index (Phi) is 7.98. The normalized spacial score (nSPS) is 12.8. The largest absolute Gasteiger partial charge is 0.395 e.